The summed E-state index contributed by atoms with van der Waals surface area (Å²) in [5.41, 5.74) is 0.379. The van der Waals surface area contributed by atoms with Crippen LogP contribution in [0.3, 0.4) is 0 Å². The van der Waals surface area contributed by atoms with Crippen LogP contribution in [0.1, 0.15) is 10.5 Å². The molecule has 0 bridgehead atoms. The van der Waals surface area contributed by atoms with Gasteiger partial charge in [-0.05, 0) is 24.3 Å². The zero-order chi connectivity index (χ0) is 13.8. The number of nitrogens with zero attached hydrogens (tertiary/aromatic N) is 3. The first-order valence-electron chi connectivity index (χ1n) is 5.23. The van der Waals surface area contributed by atoms with Gasteiger partial charge in [0.2, 0.25) is 0 Å². The summed E-state index contributed by atoms with van der Waals surface area (Å²) in [7, 11) is 0. The van der Waals surface area contributed by atoms with Crippen LogP contribution in [0.5, 0.6) is 0 Å². The average molecular weight is 264 g/mol. The van der Waals surface area contributed by atoms with Crippen molar-refractivity contribution < 1.29 is 19.1 Å². The third kappa shape index (κ3) is 3.35. The molecular weight excluding hydrogens is 255 g/mol. The van der Waals surface area contributed by atoms with Gasteiger partial charge in [-0.25, -0.2) is 9.07 Å². The monoisotopic (exact) mass is 264 g/mol. The fourth-order valence-corrected chi connectivity index (χ4v) is 1.35. The van der Waals surface area contributed by atoms with Gasteiger partial charge in [0.25, 0.3) is 5.91 Å². The predicted octanol–water partition coefficient (Wildman–Crippen LogP) is 0.754. The van der Waals surface area contributed by atoms with E-state index in [0.717, 1.165) is 4.68 Å². The van der Waals surface area contributed by atoms with Crippen LogP contribution in [0.4, 0.5) is 10.1 Å². The van der Waals surface area contributed by atoms with E-state index in [-0.39, 0.29) is 12.2 Å². The molecule has 0 atom stereocenters. The molecule has 7 nitrogen and oxygen atoms in total. The third-order valence-electron chi connectivity index (χ3n) is 2.17. The maximum atomic E-state index is 12.7. The number of amides is 1. The van der Waals surface area contributed by atoms with Crippen molar-refractivity contribution in [3.63, 3.8) is 0 Å². The summed E-state index contributed by atoms with van der Waals surface area (Å²) < 4.78 is 13.7. The Morgan fingerprint density at radius 2 is 2.00 bits per heavy atom. The summed E-state index contributed by atoms with van der Waals surface area (Å²) in [6, 6.07) is 5.21. The minimum atomic E-state index is -1.09. The lowest BCUT2D eigenvalue weighted by Gasteiger charge is -2.01. The zero-order valence-corrected chi connectivity index (χ0v) is 9.58. The van der Waals surface area contributed by atoms with Gasteiger partial charge in [0.05, 0.1) is 6.20 Å². The molecule has 0 aliphatic carbocycles. The lowest BCUT2D eigenvalue weighted by molar-refractivity contribution is -0.137. The largest absolute Gasteiger partial charge is 0.480 e. The highest BCUT2D eigenvalue weighted by molar-refractivity contribution is 6.02. The van der Waals surface area contributed by atoms with Crippen LogP contribution < -0.4 is 5.32 Å². The normalized spacial score (nSPS) is 10.2. The van der Waals surface area contributed by atoms with Gasteiger partial charge in [-0.3, -0.25) is 9.59 Å². The molecule has 0 aliphatic rings. The van der Waals surface area contributed by atoms with Crippen LogP contribution in [-0.4, -0.2) is 32.0 Å². The van der Waals surface area contributed by atoms with E-state index in [2.05, 4.69) is 15.6 Å². The standard InChI is InChI=1S/C11H9FN4O3/c12-7-1-3-8(4-2-7)13-11(19)9-5-16(15-14-9)6-10(17)18/h1-5H,6H2,(H,13,19)(H,17,18). The van der Waals surface area contributed by atoms with Crippen molar-refractivity contribution in [2.75, 3.05) is 5.32 Å². The molecule has 0 radical (unpaired) electrons. The Hall–Kier alpha value is -2.77. The van der Waals surface area contributed by atoms with Crippen LogP contribution in [0.15, 0.2) is 30.5 Å². The van der Waals surface area contributed by atoms with Crippen molar-refractivity contribution in [3.05, 3.63) is 42.0 Å². The van der Waals surface area contributed by atoms with Gasteiger partial charge in [0.15, 0.2) is 5.69 Å². The minimum Gasteiger partial charge on any atom is -0.480 e. The molecule has 1 heterocycles. The number of carbonyl (C=O) groups excluding carboxylic acids is 1. The van der Waals surface area contributed by atoms with Crippen molar-refractivity contribution in [1.29, 1.82) is 0 Å². The van der Waals surface area contributed by atoms with Crippen LogP contribution in [0, 0.1) is 5.82 Å². The first-order valence-corrected chi connectivity index (χ1v) is 5.23. The second kappa shape index (κ2) is 5.25. The maximum Gasteiger partial charge on any atom is 0.325 e. The lowest BCUT2D eigenvalue weighted by Crippen LogP contribution is -2.12. The number of carbonyl (C=O) groups is 2. The number of halogens is 1. The Bertz CT molecular complexity index is 609. The van der Waals surface area contributed by atoms with Crippen LogP contribution in [0.25, 0.3) is 0 Å². The number of carboxylic acids is 1. The highest BCUT2D eigenvalue weighted by atomic mass is 19.1. The van der Waals surface area contributed by atoms with E-state index < -0.39 is 17.7 Å². The highest BCUT2D eigenvalue weighted by Crippen LogP contribution is 2.09. The molecule has 0 fully saturated rings. The molecule has 0 saturated carbocycles. The fourth-order valence-electron chi connectivity index (χ4n) is 1.35. The molecule has 0 aliphatic heterocycles. The number of carboxylic acid groups (broad SMARTS) is 1. The van der Waals surface area contributed by atoms with Crippen molar-refractivity contribution in [1.82, 2.24) is 15.0 Å². The Kier molecular flexibility index (Phi) is 3.51. The third-order valence-corrected chi connectivity index (χ3v) is 2.17. The zero-order valence-electron chi connectivity index (χ0n) is 9.58. The van der Waals surface area contributed by atoms with Crippen molar-refractivity contribution >= 4 is 17.6 Å². The molecule has 0 spiro atoms. The van der Waals surface area contributed by atoms with Crippen LogP contribution in [0.2, 0.25) is 0 Å². The Balaban J connectivity index is 2.05. The number of aliphatic carboxylic acids is 1. The van der Waals surface area contributed by atoms with E-state index in [4.69, 9.17) is 5.11 Å². The Morgan fingerprint density at radius 1 is 1.32 bits per heavy atom. The van der Waals surface area contributed by atoms with Gasteiger partial charge in [0.1, 0.15) is 12.4 Å². The number of hydrogen-bond acceptors (Lipinski definition) is 4. The van der Waals surface area contributed by atoms with E-state index in [1.54, 1.807) is 0 Å². The summed E-state index contributed by atoms with van der Waals surface area (Å²) in [5, 5.41) is 18.1. The summed E-state index contributed by atoms with van der Waals surface area (Å²) in [6.07, 6.45) is 1.22. The quantitative estimate of drug-likeness (QED) is 0.849. The van der Waals surface area contributed by atoms with E-state index in [1.807, 2.05) is 0 Å². The summed E-state index contributed by atoms with van der Waals surface area (Å²) in [4.78, 5) is 22.2. The highest BCUT2D eigenvalue weighted by Gasteiger charge is 2.12. The number of anilines is 1. The number of aromatic nitrogens is 3. The first kappa shape index (κ1) is 12.7. The molecule has 2 rings (SSSR count). The smallest absolute Gasteiger partial charge is 0.325 e. The molecule has 8 heteroatoms. The topological polar surface area (TPSA) is 97.1 Å². The lowest BCUT2D eigenvalue weighted by atomic mass is 10.3. The Labute approximate surface area is 106 Å². The van der Waals surface area contributed by atoms with Crippen molar-refractivity contribution in [2.45, 2.75) is 6.54 Å². The van der Waals surface area contributed by atoms with Gasteiger partial charge in [-0.1, -0.05) is 5.21 Å². The van der Waals surface area contributed by atoms with Crippen molar-refractivity contribution in [3.8, 4) is 0 Å². The van der Waals surface area contributed by atoms with Crippen LogP contribution >= 0.6 is 0 Å². The second-order valence-corrected chi connectivity index (χ2v) is 3.66. The van der Waals surface area contributed by atoms with Gasteiger partial charge in [0, 0.05) is 5.69 Å². The first-order chi connectivity index (χ1) is 9.04. The van der Waals surface area contributed by atoms with Gasteiger partial charge < -0.3 is 10.4 Å². The summed E-state index contributed by atoms with van der Waals surface area (Å²) in [5.74, 6) is -2.05. The molecule has 98 valence electrons. The Morgan fingerprint density at radius 3 is 2.63 bits per heavy atom. The van der Waals surface area contributed by atoms with Gasteiger partial charge in [-0.2, -0.15) is 0 Å². The molecule has 2 aromatic rings. The molecular formula is C11H9FN4O3. The molecule has 0 saturated heterocycles. The van der Waals surface area contributed by atoms with Gasteiger partial charge in [-0.15, -0.1) is 5.10 Å². The maximum absolute atomic E-state index is 12.7. The molecule has 2 N–H and O–H groups in total. The van der Waals surface area contributed by atoms with E-state index in [1.165, 1.54) is 30.5 Å². The van der Waals surface area contributed by atoms with E-state index >= 15 is 0 Å². The fraction of sp³-hybridized carbons (Fsp3) is 0.0909. The minimum absolute atomic E-state index is 0.0226. The number of nitrogens with one attached hydrogen (secondary N) is 1. The molecule has 1 aromatic carbocycles. The predicted molar refractivity (Wildman–Crippen MR) is 62.0 cm³/mol. The van der Waals surface area contributed by atoms with Gasteiger partial charge >= 0.3 is 5.97 Å². The molecule has 1 aromatic heterocycles. The van der Waals surface area contributed by atoms with E-state index in [9.17, 15) is 14.0 Å². The molecule has 19 heavy (non-hydrogen) atoms. The number of benzene rings is 1. The SMILES string of the molecule is O=C(O)Cn1cc(C(=O)Nc2ccc(F)cc2)nn1. The molecule has 0 unspecified atom stereocenters. The van der Waals surface area contributed by atoms with Crippen molar-refractivity contribution in [2.24, 2.45) is 0 Å². The second-order valence-electron chi connectivity index (χ2n) is 3.66. The summed E-state index contributed by atoms with van der Waals surface area (Å²) in [6.45, 7) is -0.378. The molecule has 1 amide bonds. The van der Waals surface area contributed by atoms with Crippen LogP contribution in [-0.2, 0) is 11.3 Å². The van der Waals surface area contributed by atoms with E-state index in [0.29, 0.717) is 5.69 Å². The number of rotatable bonds is 4. The average Bonchev–Trinajstić information content (AvgIpc) is 2.80. The summed E-state index contributed by atoms with van der Waals surface area (Å²) >= 11 is 0. The number of hydrogen-bond donors (Lipinski definition) is 2.